The predicted molar refractivity (Wildman–Crippen MR) is 81.9 cm³/mol. The Hall–Kier alpha value is 0. The summed E-state index contributed by atoms with van der Waals surface area (Å²) in [6.07, 6.45) is 4.30. The van der Waals surface area contributed by atoms with Gasteiger partial charge in [-0.2, -0.15) is 11.8 Å². The Morgan fingerprint density at radius 1 is 1.53 bits per heavy atom. The summed E-state index contributed by atoms with van der Waals surface area (Å²) in [6, 6.07) is 0.495. The number of nitrogens with one attached hydrogen (secondary N) is 1. The van der Waals surface area contributed by atoms with Crippen LogP contribution in [0, 0.1) is 0 Å². The first kappa shape index (κ1) is 17.0. The number of thioether (sulfide) groups is 1. The van der Waals surface area contributed by atoms with Gasteiger partial charge < -0.3 is 15.0 Å². The molecule has 0 saturated carbocycles. The zero-order chi connectivity index (χ0) is 13.1. The fraction of sp³-hybridized carbons (Fsp3) is 0.917. The Morgan fingerprint density at radius 3 is 2.82 bits per heavy atom. The molecule has 0 fully saturated rings. The van der Waals surface area contributed by atoms with Crippen molar-refractivity contribution in [2.45, 2.75) is 32.7 Å². The van der Waals surface area contributed by atoms with Crippen LogP contribution in [0.5, 0.6) is 0 Å². The summed E-state index contributed by atoms with van der Waals surface area (Å²) in [5, 5.41) is 4.11. The van der Waals surface area contributed by atoms with E-state index in [1.54, 1.807) is 0 Å². The van der Waals surface area contributed by atoms with Crippen molar-refractivity contribution in [2.75, 3.05) is 38.8 Å². The number of rotatable bonds is 9. The van der Waals surface area contributed by atoms with Crippen LogP contribution in [-0.2, 0) is 4.74 Å². The van der Waals surface area contributed by atoms with Crippen LogP contribution in [0.4, 0.5) is 0 Å². The standard InChI is InChI=1S/C12H26N2OS2/c1-5-15-9-6-8-13-12(16)14(3)11(2)7-10-17-4/h11H,5-10H2,1-4H3,(H,13,16). The van der Waals surface area contributed by atoms with E-state index in [-0.39, 0.29) is 0 Å². The van der Waals surface area contributed by atoms with Crippen molar-refractivity contribution in [1.82, 2.24) is 10.2 Å². The highest BCUT2D eigenvalue weighted by Gasteiger charge is 2.11. The molecule has 17 heavy (non-hydrogen) atoms. The summed E-state index contributed by atoms with van der Waals surface area (Å²) in [5.74, 6) is 1.18. The van der Waals surface area contributed by atoms with Crippen LogP contribution in [0.15, 0.2) is 0 Å². The van der Waals surface area contributed by atoms with Crippen molar-refractivity contribution >= 4 is 29.1 Å². The fourth-order valence-electron chi connectivity index (χ4n) is 1.32. The van der Waals surface area contributed by atoms with Gasteiger partial charge in [0.2, 0.25) is 0 Å². The summed E-state index contributed by atoms with van der Waals surface area (Å²) in [4.78, 5) is 2.15. The lowest BCUT2D eigenvalue weighted by Crippen LogP contribution is -2.42. The van der Waals surface area contributed by atoms with Gasteiger partial charge in [-0.25, -0.2) is 0 Å². The molecule has 0 aliphatic rings. The maximum Gasteiger partial charge on any atom is 0.168 e. The molecule has 0 heterocycles. The predicted octanol–water partition coefficient (Wildman–Crippen LogP) is 2.36. The lowest BCUT2D eigenvalue weighted by Gasteiger charge is -2.27. The molecule has 102 valence electrons. The molecular weight excluding hydrogens is 252 g/mol. The highest BCUT2D eigenvalue weighted by molar-refractivity contribution is 7.98. The molecule has 3 nitrogen and oxygen atoms in total. The third-order valence-electron chi connectivity index (χ3n) is 2.67. The van der Waals surface area contributed by atoms with Gasteiger partial charge in [-0.15, -0.1) is 0 Å². The smallest absolute Gasteiger partial charge is 0.168 e. The molecule has 0 bridgehead atoms. The molecule has 0 aliphatic carbocycles. The second kappa shape index (κ2) is 11.1. The van der Waals surface area contributed by atoms with Gasteiger partial charge in [-0.3, -0.25) is 0 Å². The molecule has 0 radical (unpaired) electrons. The maximum absolute atomic E-state index is 5.35. The van der Waals surface area contributed by atoms with Crippen LogP contribution in [-0.4, -0.2) is 54.9 Å². The summed E-state index contributed by atoms with van der Waals surface area (Å²) in [5.41, 5.74) is 0. The first-order chi connectivity index (χ1) is 8.13. The largest absolute Gasteiger partial charge is 0.382 e. The van der Waals surface area contributed by atoms with E-state index in [0.29, 0.717) is 6.04 Å². The van der Waals surface area contributed by atoms with Crippen LogP contribution in [0.1, 0.15) is 26.7 Å². The Morgan fingerprint density at radius 2 is 2.24 bits per heavy atom. The molecule has 0 saturated heterocycles. The van der Waals surface area contributed by atoms with Crippen LogP contribution < -0.4 is 5.32 Å². The molecule has 0 spiro atoms. The van der Waals surface area contributed by atoms with E-state index >= 15 is 0 Å². The number of hydrogen-bond acceptors (Lipinski definition) is 3. The van der Waals surface area contributed by atoms with E-state index in [2.05, 4.69) is 30.4 Å². The highest BCUT2D eigenvalue weighted by atomic mass is 32.2. The Labute approximate surface area is 116 Å². The Bertz CT molecular complexity index is 203. The molecule has 0 rings (SSSR count). The first-order valence-corrected chi connectivity index (χ1v) is 8.01. The van der Waals surface area contributed by atoms with Gasteiger partial charge in [-0.1, -0.05) is 0 Å². The van der Waals surface area contributed by atoms with Gasteiger partial charge in [0.15, 0.2) is 5.11 Å². The molecule has 0 aromatic heterocycles. The van der Waals surface area contributed by atoms with Crippen molar-refractivity contribution in [1.29, 1.82) is 0 Å². The van der Waals surface area contributed by atoms with Crippen LogP contribution in [0.3, 0.4) is 0 Å². The van der Waals surface area contributed by atoms with Crippen molar-refractivity contribution < 1.29 is 4.74 Å². The van der Waals surface area contributed by atoms with Crippen molar-refractivity contribution in [3.8, 4) is 0 Å². The minimum absolute atomic E-state index is 0.495. The zero-order valence-electron chi connectivity index (χ0n) is 11.5. The van der Waals surface area contributed by atoms with Gasteiger partial charge in [0.25, 0.3) is 0 Å². The maximum atomic E-state index is 5.35. The fourth-order valence-corrected chi connectivity index (χ4v) is 2.18. The Balaban J connectivity index is 3.65. The summed E-state index contributed by atoms with van der Waals surface area (Å²) >= 11 is 7.23. The van der Waals surface area contributed by atoms with Gasteiger partial charge in [0.05, 0.1) is 0 Å². The number of ether oxygens (including phenoxy) is 1. The number of nitrogens with zero attached hydrogens (tertiary/aromatic N) is 1. The van der Waals surface area contributed by atoms with Gasteiger partial charge in [0.1, 0.15) is 0 Å². The van der Waals surface area contributed by atoms with E-state index in [1.165, 1.54) is 12.2 Å². The summed E-state index contributed by atoms with van der Waals surface area (Å²) in [7, 11) is 2.06. The van der Waals surface area contributed by atoms with Gasteiger partial charge in [0, 0.05) is 32.8 Å². The van der Waals surface area contributed by atoms with Crippen LogP contribution in [0.25, 0.3) is 0 Å². The average molecular weight is 278 g/mol. The minimum atomic E-state index is 0.495. The lowest BCUT2D eigenvalue weighted by atomic mass is 10.2. The third kappa shape index (κ3) is 8.69. The normalized spacial score (nSPS) is 12.2. The second-order valence-corrected chi connectivity index (χ2v) is 5.40. The molecule has 0 aromatic rings. The van der Waals surface area contributed by atoms with Crippen molar-refractivity contribution in [3.63, 3.8) is 0 Å². The molecule has 0 amide bonds. The van der Waals surface area contributed by atoms with E-state index in [0.717, 1.165) is 31.3 Å². The average Bonchev–Trinajstić information content (AvgIpc) is 2.34. The molecule has 1 atom stereocenters. The number of thiocarbonyl (C=S) groups is 1. The zero-order valence-corrected chi connectivity index (χ0v) is 13.1. The van der Waals surface area contributed by atoms with Crippen molar-refractivity contribution in [2.24, 2.45) is 0 Å². The third-order valence-corrected chi connectivity index (χ3v) is 3.74. The molecular formula is C12H26N2OS2. The molecule has 0 aromatic carbocycles. The number of hydrogen-bond donors (Lipinski definition) is 1. The highest BCUT2D eigenvalue weighted by Crippen LogP contribution is 2.06. The summed E-state index contributed by atoms with van der Waals surface area (Å²) < 4.78 is 5.28. The molecule has 5 heteroatoms. The molecule has 1 unspecified atom stereocenters. The molecule has 0 aliphatic heterocycles. The summed E-state index contributed by atoms with van der Waals surface area (Å²) in [6.45, 7) is 6.70. The molecule has 1 N–H and O–H groups in total. The lowest BCUT2D eigenvalue weighted by molar-refractivity contribution is 0.145. The van der Waals surface area contributed by atoms with Crippen LogP contribution in [0.2, 0.25) is 0 Å². The van der Waals surface area contributed by atoms with E-state index in [4.69, 9.17) is 17.0 Å². The monoisotopic (exact) mass is 278 g/mol. The van der Waals surface area contributed by atoms with Gasteiger partial charge in [-0.05, 0) is 50.9 Å². The Kier molecular flexibility index (Phi) is 11.1. The van der Waals surface area contributed by atoms with E-state index in [1.807, 2.05) is 18.7 Å². The van der Waals surface area contributed by atoms with Gasteiger partial charge >= 0.3 is 0 Å². The first-order valence-electron chi connectivity index (χ1n) is 6.20. The topological polar surface area (TPSA) is 24.5 Å². The van der Waals surface area contributed by atoms with E-state index < -0.39 is 0 Å². The second-order valence-electron chi connectivity index (χ2n) is 4.02. The quantitative estimate of drug-likeness (QED) is 0.515. The minimum Gasteiger partial charge on any atom is -0.382 e. The van der Waals surface area contributed by atoms with Crippen molar-refractivity contribution in [3.05, 3.63) is 0 Å². The van der Waals surface area contributed by atoms with E-state index in [9.17, 15) is 0 Å². The SMILES string of the molecule is CCOCCCNC(=S)N(C)C(C)CCSC. The van der Waals surface area contributed by atoms with Crippen LogP contribution >= 0.6 is 24.0 Å².